The SMILES string of the molecule is CC/C=C\C/C=C\C/C=C\C/C=C\C/C=C\C/C=C\C/C=C\C/C=C\C/C=C\CCCCCCCCCC(=O)OC(COC(=O)CCCCCCCCC/C=C\CCCCCCCC)COC(OCC[N+](C)(C)C)C(=O)O. The Hall–Kier alpha value is -4.31. The molecule has 0 spiro atoms. The van der Waals surface area contributed by atoms with Gasteiger partial charge >= 0.3 is 17.9 Å². The van der Waals surface area contributed by atoms with E-state index in [0.29, 0.717) is 17.4 Å². The van der Waals surface area contributed by atoms with E-state index in [1.807, 2.05) is 21.1 Å². The minimum absolute atomic E-state index is 0.179. The number of carbonyl (C=O) groups is 3. The lowest BCUT2D eigenvalue weighted by Crippen LogP contribution is -2.40. The lowest BCUT2D eigenvalue weighted by Gasteiger charge is -2.25. The van der Waals surface area contributed by atoms with Crippen molar-refractivity contribution >= 4 is 17.9 Å². The smallest absolute Gasteiger partial charge is 0.361 e. The van der Waals surface area contributed by atoms with Crippen molar-refractivity contribution in [2.75, 3.05) is 47.5 Å². The highest BCUT2D eigenvalue weighted by molar-refractivity contribution is 5.71. The normalized spacial score (nSPS) is 13.6. The number of unbranched alkanes of at least 4 members (excludes halogenated alkanes) is 20. The van der Waals surface area contributed by atoms with Gasteiger partial charge in [-0.2, -0.15) is 0 Å². The third-order valence-electron chi connectivity index (χ3n) is 12.7. The number of aliphatic carboxylic acids is 1. The number of carboxylic acid groups (broad SMARTS) is 1. The Bertz CT molecular complexity index is 1670. The highest BCUT2D eigenvalue weighted by atomic mass is 16.7. The third kappa shape index (κ3) is 59.2. The minimum atomic E-state index is -1.52. The van der Waals surface area contributed by atoms with E-state index >= 15 is 0 Å². The molecule has 2 unspecified atom stereocenters. The van der Waals surface area contributed by atoms with Crippen LogP contribution < -0.4 is 0 Å². The van der Waals surface area contributed by atoms with Crippen LogP contribution in [0, 0.1) is 0 Å². The first-order valence-electron chi connectivity index (χ1n) is 30.7. The molecule has 9 heteroatoms. The summed E-state index contributed by atoms with van der Waals surface area (Å²) in [5.74, 6) is -2.03. The van der Waals surface area contributed by atoms with Gasteiger partial charge in [0.05, 0.1) is 34.4 Å². The van der Waals surface area contributed by atoms with Crippen LogP contribution in [0.25, 0.3) is 0 Å². The Labute approximate surface area is 472 Å². The molecule has 0 saturated heterocycles. The Morgan fingerprint density at radius 2 is 0.740 bits per heavy atom. The van der Waals surface area contributed by atoms with Crippen LogP contribution in [0.1, 0.15) is 232 Å². The van der Waals surface area contributed by atoms with Crippen molar-refractivity contribution in [1.29, 1.82) is 0 Å². The molecule has 2 atom stereocenters. The summed E-state index contributed by atoms with van der Waals surface area (Å²) in [5, 5.41) is 9.71. The average Bonchev–Trinajstić information content (AvgIpc) is 3.40. The molecule has 0 amide bonds. The molecule has 0 radical (unpaired) electrons. The van der Waals surface area contributed by atoms with Gasteiger partial charge in [0.25, 0.3) is 6.29 Å². The van der Waals surface area contributed by atoms with Crippen molar-refractivity contribution in [3.63, 3.8) is 0 Å². The molecular formula is C68H114NO8+. The van der Waals surface area contributed by atoms with E-state index in [1.54, 1.807) is 0 Å². The second-order valence-corrected chi connectivity index (χ2v) is 21.3. The van der Waals surface area contributed by atoms with Gasteiger partial charge in [-0.1, -0.05) is 232 Å². The number of esters is 2. The van der Waals surface area contributed by atoms with E-state index in [-0.39, 0.29) is 38.6 Å². The zero-order valence-corrected chi connectivity index (χ0v) is 49.8. The third-order valence-corrected chi connectivity index (χ3v) is 12.7. The molecule has 1 N–H and O–H groups in total. The molecule has 0 aromatic heterocycles. The summed E-state index contributed by atoms with van der Waals surface area (Å²) < 4.78 is 22.9. The monoisotopic (exact) mass is 1070 g/mol. The van der Waals surface area contributed by atoms with Gasteiger partial charge in [0.2, 0.25) is 0 Å². The summed E-state index contributed by atoms with van der Waals surface area (Å²) in [6.07, 6.45) is 78.5. The van der Waals surface area contributed by atoms with Crippen molar-refractivity contribution in [2.45, 2.75) is 245 Å². The lowest BCUT2D eigenvalue weighted by molar-refractivity contribution is -0.870. The van der Waals surface area contributed by atoms with Crippen molar-refractivity contribution in [2.24, 2.45) is 0 Å². The molecule has 9 nitrogen and oxygen atoms in total. The number of carboxylic acids is 1. The highest BCUT2D eigenvalue weighted by Gasteiger charge is 2.25. The van der Waals surface area contributed by atoms with Gasteiger partial charge in [-0.25, -0.2) is 4.79 Å². The zero-order valence-electron chi connectivity index (χ0n) is 49.8. The first-order chi connectivity index (χ1) is 37.6. The van der Waals surface area contributed by atoms with E-state index < -0.39 is 24.3 Å². The molecule has 0 aliphatic rings. The summed E-state index contributed by atoms with van der Waals surface area (Å²) >= 11 is 0. The first kappa shape index (κ1) is 72.7. The van der Waals surface area contributed by atoms with Gasteiger partial charge in [-0.15, -0.1) is 0 Å². The van der Waals surface area contributed by atoms with Crippen molar-refractivity contribution in [1.82, 2.24) is 0 Å². The van der Waals surface area contributed by atoms with Crippen LogP contribution in [0.5, 0.6) is 0 Å². The van der Waals surface area contributed by atoms with Crippen LogP contribution in [-0.2, 0) is 33.3 Å². The maximum absolute atomic E-state index is 12.9. The number of ether oxygens (including phenoxy) is 4. The number of carbonyl (C=O) groups excluding carboxylic acids is 2. The fourth-order valence-electron chi connectivity index (χ4n) is 8.00. The lowest BCUT2D eigenvalue weighted by atomic mass is 10.1. The maximum atomic E-state index is 12.9. The molecule has 0 bridgehead atoms. The zero-order chi connectivity index (χ0) is 56.2. The van der Waals surface area contributed by atoms with E-state index in [9.17, 15) is 19.5 Å². The van der Waals surface area contributed by atoms with E-state index in [2.05, 4.69) is 135 Å². The minimum Gasteiger partial charge on any atom is -0.477 e. The quantitative estimate of drug-likeness (QED) is 0.0211. The largest absolute Gasteiger partial charge is 0.477 e. The molecule has 0 aliphatic carbocycles. The van der Waals surface area contributed by atoms with E-state index in [4.69, 9.17) is 18.9 Å². The summed E-state index contributed by atoms with van der Waals surface area (Å²) in [4.78, 5) is 37.4. The van der Waals surface area contributed by atoms with Gasteiger partial charge in [0.1, 0.15) is 13.2 Å². The fraction of sp³-hybridized carbons (Fsp3) is 0.662. The van der Waals surface area contributed by atoms with Gasteiger partial charge in [0.15, 0.2) is 6.10 Å². The van der Waals surface area contributed by atoms with Crippen LogP contribution in [0.4, 0.5) is 0 Å². The van der Waals surface area contributed by atoms with Crippen molar-refractivity contribution in [3.8, 4) is 0 Å². The molecule has 0 heterocycles. The Morgan fingerprint density at radius 1 is 0.403 bits per heavy atom. The number of rotatable bonds is 55. The van der Waals surface area contributed by atoms with Crippen LogP contribution in [-0.4, -0.2) is 87.4 Å². The molecule has 0 aliphatic heterocycles. The molecule has 77 heavy (non-hydrogen) atoms. The predicted molar refractivity (Wildman–Crippen MR) is 327 cm³/mol. The van der Waals surface area contributed by atoms with Crippen molar-refractivity contribution < 1.29 is 42.9 Å². The van der Waals surface area contributed by atoms with Crippen LogP contribution in [0.15, 0.2) is 122 Å². The van der Waals surface area contributed by atoms with Crippen molar-refractivity contribution in [3.05, 3.63) is 122 Å². The molecule has 0 aromatic rings. The highest BCUT2D eigenvalue weighted by Crippen LogP contribution is 2.14. The Morgan fingerprint density at radius 3 is 1.12 bits per heavy atom. The Kier molecular flexibility index (Phi) is 54.6. The number of hydrogen-bond donors (Lipinski definition) is 1. The molecule has 0 rings (SSSR count). The van der Waals surface area contributed by atoms with E-state index in [1.165, 1.54) is 83.5 Å². The topological polar surface area (TPSA) is 108 Å². The fourth-order valence-corrected chi connectivity index (χ4v) is 8.00. The van der Waals surface area contributed by atoms with Gasteiger partial charge < -0.3 is 28.5 Å². The maximum Gasteiger partial charge on any atom is 0.361 e. The first-order valence-corrected chi connectivity index (χ1v) is 30.7. The second-order valence-electron chi connectivity index (χ2n) is 21.3. The summed E-state index contributed by atoms with van der Waals surface area (Å²) in [6, 6.07) is 0. The van der Waals surface area contributed by atoms with E-state index in [0.717, 1.165) is 116 Å². The summed E-state index contributed by atoms with van der Waals surface area (Å²) in [7, 11) is 5.96. The molecule has 0 aromatic carbocycles. The number of hydrogen-bond acceptors (Lipinski definition) is 7. The van der Waals surface area contributed by atoms with Gasteiger partial charge in [0, 0.05) is 12.8 Å². The molecular weight excluding hydrogens is 959 g/mol. The molecule has 438 valence electrons. The second kappa shape index (κ2) is 57.9. The summed E-state index contributed by atoms with van der Waals surface area (Å²) in [5.41, 5.74) is 0. The average molecular weight is 1070 g/mol. The number of likely N-dealkylation sites (N-methyl/N-ethyl adjacent to an activating group) is 1. The number of allylic oxidation sites excluding steroid dienone is 20. The standard InChI is InChI=1S/C68H113NO8/c1-6-8-10-12-14-16-18-20-22-24-25-26-27-28-29-30-31-32-33-34-35-36-37-38-39-40-41-43-45-47-49-51-53-55-57-59-66(71)77-64(63-76-68(67(72)73)74-61-60-69(3,4)5)62-75-65(70)58-56-54-52-50-48-46-44-42-23-21-19-17-15-13-11-9-7-2/h8,10,14,16,20-23,25-26,28-29,31-32,34-35,37-38,40-41,64,68H,6-7,9,11-13,15,17-19,24,27,30,33,36,39,42-63H2,1-5H3/p+1/b10-8-,16-14-,22-20-,23-21-,26-25-,29-28-,32-31-,35-34-,38-37-,41-40-. The number of quaternary nitrogens is 1. The number of nitrogens with zero attached hydrogens (tertiary/aromatic N) is 1. The van der Waals surface area contributed by atoms with Crippen LogP contribution >= 0.6 is 0 Å². The van der Waals surface area contributed by atoms with Crippen LogP contribution in [0.3, 0.4) is 0 Å². The Balaban J connectivity index is 4.25. The van der Waals surface area contributed by atoms with Crippen LogP contribution in [0.2, 0.25) is 0 Å². The molecule has 0 fully saturated rings. The predicted octanol–water partition coefficient (Wildman–Crippen LogP) is 18.5. The molecule has 0 saturated carbocycles. The van der Waals surface area contributed by atoms with Gasteiger partial charge in [-0.3, -0.25) is 9.59 Å². The summed E-state index contributed by atoms with van der Waals surface area (Å²) in [6.45, 7) is 4.73. The van der Waals surface area contributed by atoms with Gasteiger partial charge in [-0.05, 0) is 109 Å².